The molecule has 0 aromatic heterocycles. The fourth-order valence-electron chi connectivity index (χ4n) is 6.40. The first kappa shape index (κ1) is 62.6. The van der Waals surface area contributed by atoms with Crippen molar-refractivity contribution < 1.29 is 32.9 Å². The highest BCUT2D eigenvalue weighted by Gasteiger charge is 2.28. The molecule has 0 bridgehead atoms. The molecule has 66 heavy (non-hydrogen) atoms. The lowest BCUT2D eigenvalue weighted by Crippen LogP contribution is -2.46. The van der Waals surface area contributed by atoms with E-state index in [1.165, 1.54) is 25.7 Å². The maximum absolute atomic E-state index is 12.8. The third-order valence-electron chi connectivity index (χ3n) is 10.4. The molecule has 0 radical (unpaired) electrons. The summed E-state index contributed by atoms with van der Waals surface area (Å²) in [7, 11) is 1.56. The van der Waals surface area contributed by atoms with Crippen molar-refractivity contribution in [2.45, 2.75) is 180 Å². The van der Waals surface area contributed by atoms with E-state index in [4.69, 9.17) is 9.05 Å². The van der Waals surface area contributed by atoms with Gasteiger partial charge in [0.15, 0.2) is 0 Å². The zero-order chi connectivity index (χ0) is 48.5. The summed E-state index contributed by atoms with van der Waals surface area (Å²) in [6.07, 6.45) is 71.0. The fourth-order valence-corrected chi connectivity index (χ4v) is 7.14. The molecule has 0 rings (SSSR count). The van der Waals surface area contributed by atoms with Crippen molar-refractivity contribution in [1.29, 1.82) is 0 Å². The topological polar surface area (TPSA) is 105 Å². The molecule has 0 aromatic rings. The standard InChI is InChI=1S/C57H95N2O6P/c1-6-8-10-12-14-15-16-17-18-19-20-21-22-23-24-25-26-27-28-29-30-31-32-33-34-35-36-37-38-39-40-41-42-43-45-47-49-51-57(61)58-55(56(60)50-48-46-44-13-11-9-7-2)54-65-66(62,63)64-53-52-59(3,4)5/h8,10,14-15,17-18,20-21,23-24,26-27,29-30,32-33,35-36,38-39,41-42,55-56,60H,6-7,9,11-13,16,19,22,25,28,31,34,37,40,43-54H2,1-5H3,(H-,58,61,62,63)/p+1/b10-8-,15-14-,18-17-,21-20-,24-23-,27-26-,30-29-,33-32-,36-35-,39-38-,42-41-. The van der Waals surface area contributed by atoms with E-state index in [0.717, 1.165) is 116 Å². The van der Waals surface area contributed by atoms with Gasteiger partial charge in [-0.05, 0) is 96.3 Å². The number of amides is 1. The molecule has 0 heterocycles. The Labute approximate surface area is 405 Å². The van der Waals surface area contributed by atoms with Gasteiger partial charge in [-0.15, -0.1) is 0 Å². The average Bonchev–Trinajstić information content (AvgIpc) is 3.28. The Morgan fingerprint density at radius 2 is 0.909 bits per heavy atom. The van der Waals surface area contributed by atoms with E-state index in [9.17, 15) is 19.4 Å². The van der Waals surface area contributed by atoms with Crippen molar-refractivity contribution in [3.05, 3.63) is 134 Å². The first-order valence-electron chi connectivity index (χ1n) is 25.5. The van der Waals surface area contributed by atoms with Crippen LogP contribution in [0, 0.1) is 0 Å². The second kappa shape index (κ2) is 46.7. The summed E-state index contributed by atoms with van der Waals surface area (Å²) in [5.41, 5.74) is 0. The normalized spacial score (nSPS) is 15.2. The Morgan fingerprint density at radius 3 is 1.32 bits per heavy atom. The molecule has 0 aliphatic heterocycles. The van der Waals surface area contributed by atoms with Crippen LogP contribution in [0.1, 0.15) is 168 Å². The molecular weight excluding hydrogens is 840 g/mol. The number of carbonyl (C=O) groups excluding carboxylic acids is 1. The van der Waals surface area contributed by atoms with Gasteiger partial charge in [0.1, 0.15) is 13.2 Å². The molecule has 3 N–H and O–H groups in total. The van der Waals surface area contributed by atoms with Crippen LogP contribution in [0.3, 0.4) is 0 Å². The predicted octanol–water partition coefficient (Wildman–Crippen LogP) is 15.2. The number of hydrogen-bond donors (Lipinski definition) is 3. The molecule has 9 heteroatoms. The summed E-state index contributed by atoms with van der Waals surface area (Å²) >= 11 is 0. The van der Waals surface area contributed by atoms with E-state index in [-0.39, 0.29) is 19.1 Å². The quantitative estimate of drug-likeness (QED) is 0.0243. The van der Waals surface area contributed by atoms with Gasteiger partial charge in [-0.2, -0.15) is 0 Å². The summed E-state index contributed by atoms with van der Waals surface area (Å²) in [5.74, 6) is -0.188. The van der Waals surface area contributed by atoms with Gasteiger partial charge in [0.05, 0.1) is 39.9 Å². The molecule has 0 saturated heterocycles. The lowest BCUT2D eigenvalue weighted by atomic mass is 10.0. The molecule has 3 unspecified atom stereocenters. The Bertz CT molecular complexity index is 1530. The number of allylic oxidation sites excluding steroid dienone is 22. The number of quaternary nitrogens is 1. The lowest BCUT2D eigenvalue weighted by molar-refractivity contribution is -0.870. The van der Waals surface area contributed by atoms with Gasteiger partial charge >= 0.3 is 7.82 Å². The molecule has 0 aliphatic rings. The highest BCUT2D eigenvalue weighted by Crippen LogP contribution is 2.43. The highest BCUT2D eigenvalue weighted by atomic mass is 31.2. The van der Waals surface area contributed by atoms with Crippen molar-refractivity contribution in [3.8, 4) is 0 Å². The Balaban J connectivity index is 4.14. The van der Waals surface area contributed by atoms with Crippen molar-refractivity contribution in [3.63, 3.8) is 0 Å². The van der Waals surface area contributed by atoms with Gasteiger partial charge < -0.3 is 19.8 Å². The van der Waals surface area contributed by atoms with Gasteiger partial charge in [0.2, 0.25) is 5.91 Å². The van der Waals surface area contributed by atoms with Gasteiger partial charge in [0, 0.05) is 6.42 Å². The summed E-state index contributed by atoms with van der Waals surface area (Å²) in [5, 5.41) is 13.8. The number of nitrogens with one attached hydrogen (secondary N) is 1. The summed E-state index contributed by atoms with van der Waals surface area (Å²) in [4.78, 5) is 23.1. The zero-order valence-corrected chi connectivity index (χ0v) is 43.3. The molecule has 0 aromatic carbocycles. The van der Waals surface area contributed by atoms with Crippen LogP contribution in [0.5, 0.6) is 0 Å². The van der Waals surface area contributed by atoms with E-state index < -0.39 is 20.0 Å². The van der Waals surface area contributed by atoms with Gasteiger partial charge in [-0.25, -0.2) is 4.57 Å². The van der Waals surface area contributed by atoms with Crippen molar-refractivity contribution in [2.24, 2.45) is 0 Å². The summed E-state index contributed by atoms with van der Waals surface area (Å²) in [6.45, 7) is 4.66. The third-order valence-corrected chi connectivity index (χ3v) is 11.4. The Kier molecular flexibility index (Phi) is 44.4. The first-order chi connectivity index (χ1) is 32.0. The Hall–Kier alpha value is -3.36. The molecule has 0 spiro atoms. The maximum Gasteiger partial charge on any atom is 0.472 e. The van der Waals surface area contributed by atoms with Crippen LogP contribution in [0.25, 0.3) is 0 Å². The predicted molar refractivity (Wildman–Crippen MR) is 285 cm³/mol. The summed E-state index contributed by atoms with van der Waals surface area (Å²) in [6, 6.07) is -0.785. The molecule has 0 fully saturated rings. The second-order valence-corrected chi connectivity index (χ2v) is 19.3. The van der Waals surface area contributed by atoms with Crippen molar-refractivity contribution >= 4 is 13.7 Å². The minimum Gasteiger partial charge on any atom is -0.391 e. The minimum absolute atomic E-state index is 0.0597. The number of phosphoric acid groups is 1. The summed E-state index contributed by atoms with van der Waals surface area (Å²) < 4.78 is 23.5. The van der Waals surface area contributed by atoms with E-state index >= 15 is 0 Å². The molecule has 0 aliphatic carbocycles. The third kappa shape index (κ3) is 48.6. The van der Waals surface area contributed by atoms with Crippen LogP contribution in [-0.4, -0.2) is 73.4 Å². The smallest absolute Gasteiger partial charge is 0.391 e. The SMILES string of the molecule is CC/C=C\C/C=C\C/C=C\C/C=C\C/C=C\C/C=C\C/C=C\C/C=C\C/C=C\C/C=C\C/C=C\CCCCCC(=O)NC(COP(=O)(O)OCC[N+](C)(C)C)C(O)CCCCCCCCC. The van der Waals surface area contributed by atoms with Crippen molar-refractivity contribution in [1.82, 2.24) is 5.32 Å². The molecule has 0 saturated carbocycles. The number of aliphatic hydroxyl groups excluding tert-OH is 1. The molecule has 3 atom stereocenters. The maximum atomic E-state index is 12.8. The average molecular weight is 936 g/mol. The highest BCUT2D eigenvalue weighted by molar-refractivity contribution is 7.47. The minimum atomic E-state index is -4.33. The number of rotatable bonds is 44. The van der Waals surface area contributed by atoms with E-state index in [1.807, 2.05) is 21.1 Å². The molecule has 1 amide bonds. The number of unbranched alkanes of at least 4 members (excludes halogenated alkanes) is 9. The van der Waals surface area contributed by atoms with Crippen LogP contribution in [0.4, 0.5) is 0 Å². The largest absolute Gasteiger partial charge is 0.472 e. The van der Waals surface area contributed by atoms with E-state index in [2.05, 4.69) is 153 Å². The first-order valence-corrected chi connectivity index (χ1v) is 27.0. The number of carbonyl (C=O) groups is 1. The number of hydrogen-bond acceptors (Lipinski definition) is 5. The molecular formula is C57H96N2O6P+. The van der Waals surface area contributed by atoms with Crippen LogP contribution < -0.4 is 5.32 Å². The molecule has 8 nitrogen and oxygen atoms in total. The van der Waals surface area contributed by atoms with E-state index in [1.54, 1.807) is 0 Å². The Morgan fingerprint density at radius 1 is 0.530 bits per heavy atom. The van der Waals surface area contributed by atoms with E-state index in [0.29, 0.717) is 23.9 Å². The van der Waals surface area contributed by atoms with Gasteiger partial charge in [-0.1, -0.05) is 199 Å². The fraction of sp³-hybridized carbons (Fsp3) is 0.596. The zero-order valence-electron chi connectivity index (χ0n) is 42.4. The van der Waals surface area contributed by atoms with Gasteiger partial charge in [0.25, 0.3) is 0 Å². The van der Waals surface area contributed by atoms with Crippen LogP contribution in [-0.2, 0) is 18.4 Å². The van der Waals surface area contributed by atoms with Crippen LogP contribution in [0.2, 0.25) is 0 Å². The van der Waals surface area contributed by atoms with Gasteiger partial charge in [-0.3, -0.25) is 13.8 Å². The lowest BCUT2D eigenvalue weighted by Gasteiger charge is -2.26. The molecule has 374 valence electrons. The number of likely N-dealkylation sites (N-methyl/N-ethyl adjacent to an activating group) is 1. The number of phosphoric ester groups is 1. The number of aliphatic hydroxyl groups is 1. The van der Waals surface area contributed by atoms with Crippen molar-refractivity contribution in [2.75, 3.05) is 40.9 Å². The number of nitrogens with zero attached hydrogens (tertiary/aromatic N) is 1. The van der Waals surface area contributed by atoms with Crippen LogP contribution >= 0.6 is 7.82 Å². The monoisotopic (exact) mass is 936 g/mol. The van der Waals surface area contributed by atoms with Crippen LogP contribution in [0.15, 0.2) is 134 Å². The second-order valence-electron chi connectivity index (χ2n) is 17.8.